The molecule has 1 aliphatic heterocycles. The lowest BCUT2D eigenvalue weighted by molar-refractivity contribution is -0.122. The summed E-state index contributed by atoms with van der Waals surface area (Å²) >= 11 is 6.99. The number of carbonyl (C=O) groups excluding carboxylic acids is 3. The zero-order chi connectivity index (χ0) is 21.7. The topological polar surface area (TPSA) is 75.7 Å². The van der Waals surface area contributed by atoms with E-state index >= 15 is 0 Å². The summed E-state index contributed by atoms with van der Waals surface area (Å²) in [4.78, 5) is 37.2. The lowest BCUT2D eigenvalue weighted by Gasteiger charge is -2.09. The Kier molecular flexibility index (Phi) is 6.77. The lowest BCUT2D eigenvalue weighted by Crippen LogP contribution is -2.28. The van der Waals surface area contributed by atoms with Gasteiger partial charge >= 0.3 is 0 Å². The van der Waals surface area contributed by atoms with Gasteiger partial charge in [-0.15, -0.1) is 6.42 Å². The Bertz CT molecular complexity index is 1080. The van der Waals surface area contributed by atoms with Gasteiger partial charge in [-0.05, 0) is 59.8 Å². The van der Waals surface area contributed by atoms with Crippen LogP contribution < -0.4 is 10.1 Å². The van der Waals surface area contributed by atoms with Gasteiger partial charge in [-0.25, -0.2) is 4.39 Å². The third kappa shape index (κ3) is 5.20. The number of carbonyl (C=O) groups is 3. The molecular formula is C21H14ClFN2O4S. The summed E-state index contributed by atoms with van der Waals surface area (Å²) in [5, 5.41) is 2.36. The van der Waals surface area contributed by atoms with E-state index < -0.39 is 22.9 Å². The number of nitrogens with one attached hydrogen (secondary N) is 1. The number of ether oxygens (including phenoxy) is 1. The molecule has 2 aromatic carbocycles. The molecule has 3 amide bonds. The van der Waals surface area contributed by atoms with Crippen molar-refractivity contribution in [3.63, 3.8) is 0 Å². The molecule has 0 saturated carbocycles. The van der Waals surface area contributed by atoms with Crippen molar-refractivity contribution in [3.8, 4) is 18.1 Å². The summed E-state index contributed by atoms with van der Waals surface area (Å²) < 4.78 is 18.3. The predicted octanol–water partition coefficient (Wildman–Crippen LogP) is 4.17. The number of amides is 3. The highest BCUT2D eigenvalue weighted by atomic mass is 35.5. The Morgan fingerprint density at radius 2 is 2.00 bits per heavy atom. The van der Waals surface area contributed by atoms with Gasteiger partial charge in [-0.3, -0.25) is 19.3 Å². The minimum atomic E-state index is -0.461. The average Bonchev–Trinajstić information content (AvgIpc) is 2.97. The van der Waals surface area contributed by atoms with Crippen molar-refractivity contribution < 1.29 is 23.5 Å². The first-order valence-electron chi connectivity index (χ1n) is 8.54. The maximum absolute atomic E-state index is 12.9. The molecule has 30 heavy (non-hydrogen) atoms. The molecule has 152 valence electrons. The van der Waals surface area contributed by atoms with Crippen LogP contribution in [0.5, 0.6) is 5.75 Å². The molecule has 0 bridgehead atoms. The summed E-state index contributed by atoms with van der Waals surface area (Å²) in [7, 11) is 0. The highest BCUT2D eigenvalue weighted by molar-refractivity contribution is 8.18. The van der Waals surface area contributed by atoms with Gasteiger partial charge in [0.1, 0.15) is 11.6 Å². The second kappa shape index (κ2) is 9.48. The van der Waals surface area contributed by atoms with Crippen LogP contribution in [0.4, 0.5) is 14.9 Å². The van der Waals surface area contributed by atoms with Crippen LogP contribution in [0.25, 0.3) is 6.08 Å². The van der Waals surface area contributed by atoms with Crippen molar-refractivity contribution >= 4 is 52.2 Å². The van der Waals surface area contributed by atoms with Crippen molar-refractivity contribution in [1.29, 1.82) is 0 Å². The third-order valence-electron chi connectivity index (χ3n) is 3.86. The number of anilines is 1. The minimum Gasteiger partial charge on any atom is -0.482 e. The molecule has 3 rings (SSSR count). The molecule has 0 unspecified atom stereocenters. The molecule has 0 aromatic heterocycles. The van der Waals surface area contributed by atoms with Crippen molar-refractivity contribution in [2.24, 2.45) is 0 Å². The second-order valence-electron chi connectivity index (χ2n) is 6.01. The fourth-order valence-corrected chi connectivity index (χ4v) is 3.56. The van der Waals surface area contributed by atoms with Crippen molar-refractivity contribution in [3.05, 3.63) is 63.8 Å². The van der Waals surface area contributed by atoms with Crippen LogP contribution in [-0.4, -0.2) is 35.1 Å². The quantitative estimate of drug-likeness (QED) is 0.534. The van der Waals surface area contributed by atoms with Gasteiger partial charge in [-0.2, -0.15) is 0 Å². The maximum Gasteiger partial charge on any atom is 0.294 e. The molecule has 1 fully saturated rings. The highest BCUT2D eigenvalue weighted by Gasteiger charge is 2.34. The fraction of sp³-hybridized carbons (Fsp3) is 0.0952. The number of imide groups is 1. The number of terminal acetylenes is 1. The van der Waals surface area contributed by atoms with Crippen LogP contribution >= 0.6 is 23.4 Å². The number of thioether (sulfide) groups is 1. The summed E-state index contributed by atoms with van der Waals surface area (Å²) in [5.74, 6) is 1.23. The number of nitrogens with zero attached hydrogens (tertiary/aromatic N) is 1. The van der Waals surface area contributed by atoms with E-state index in [0.717, 1.165) is 16.7 Å². The Labute approximate surface area is 181 Å². The molecule has 0 atom stereocenters. The molecule has 0 aliphatic carbocycles. The van der Waals surface area contributed by atoms with Crippen molar-refractivity contribution in [1.82, 2.24) is 4.90 Å². The van der Waals surface area contributed by atoms with Gasteiger partial charge in [0.15, 0.2) is 6.61 Å². The standard InChI is InChI=1S/C21H14ClFN2O4S/c1-2-9-25-20(27)18(30-21(25)28)11-13-3-8-17(16(22)10-13)29-12-19(26)24-15-6-4-14(23)5-7-15/h1,3-8,10-11H,9,12H2,(H,24,26)/b18-11+. The summed E-state index contributed by atoms with van der Waals surface area (Å²) in [6.45, 7) is -0.392. The summed E-state index contributed by atoms with van der Waals surface area (Å²) in [6.07, 6.45) is 6.69. The minimum absolute atomic E-state index is 0.0878. The number of rotatable bonds is 6. The number of halogens is 2. The SMILES string of the molecule is C#CCN1C(=O)S/C(=C/c2ccc(OCC(=O)Nc3ccc(F)cc3)c(Cl)c2)C1=O. The van der Waals surface area contributed by atoms with E-state index in [1.165, 1.54) is 30.3 Å². The van der Waals surface area contributed by atoms with Crippen LogP contribution in [0.2, 0.25) is 5.02 Å². The Morgan fingerprint density at radius 3 is 2.67 bits per heavy atom. The molecule has 1 aliphatic rings. The van der Waals surface area contributed by atoms with E-state index in [1.54, 1.807) is 18.2 Å². The zero-order valence-electron chi connectivity index (χ0n) is 15.4. The van der Waals surface area contributed by atoms with E-state index in [1.807, 2.05) is 0 Å². The van der Waals surface area contributed by atoms with Crippen LogP contribution in [0.1, 0.15) is 5.56 Å². The Balaban J connectivity index is 1.62. The smallest absolute Gasteiger partial charge is 0.294 e. The van der Waals surface area contributed by atoms with Crippen molar-refractivity contribution in [2.45, 2.75) is 0 Å². The van der Waals surface area contributed by atoms with Gasteiger partial charge in [0, 0.05) is 5.69 Å². The lowest BCUT2D eigenvalue weighted by atomic mass is 10.2. The second-order valence-corrected chi connectivity index (χ2v) is 7.41. The Hall–Kier alpha value is -3.28. The highest BCUT2D eigenvalue weighted by Crippen LogP contribution is 2.33. The van der Waals surface area contributed by atoms with E-state index in [4.69, 9.17) is 22.8 Å². The predicted molar refractivity (Wildman–Crippen MR) is 113 cm³/mol. The number of hydrogen-bond donors (Lipinski definition) is 1. The molecule has 0 spiro atoms. The van der Waals surface area contributed by atoms with Crippen LogP contribution in [0, 0.1) is 18.2 Å². The zero-order valence-corrected chi connectivity index (χ0v) is 16.9. The van der Waals surface area contributed by atoms with Gasteiger partial charge < -0.3 is 10.1 Å². The largest absolute Gasteiger partial charge is 0.482 e. The summed E-state index contributed by atoms with van der Waals surface area (Å²) in [6, 6.07) is 10.0. The number of hydrogen-bond acceptors (Lipinski definition) is 5. The number of benzene rings is 2. The van der Waals surface area contributed by atoms with Gasteiger partial charge in [-0.1, -0.05) is 23.6 Å². The average molecular weight is 445 g/mol. The molecular weight excluding hydrogens is 431 g/mol. The van der Waals surface area contributed by atoms with E-state index in [0.29, 0.717) is 11.3 Å². The van der Waals surface area contributed by atoms with Gasteiger partial charge in [0.05, 0.1) is 16.5 Å². The van der Waals surface area contributed by atoms with Crippen molar-refractivity contribution in [2.75, 3.05) is 18.5 Å². The summed E-state index contributed by atoms with van der Waals surface area (Å²) in [5.41, 5.74) is 1.01. The monoisotopic (exact) mass is 444 g/mol. The van der Waals surface area contributed by atoms with E-state index in [2.05, 4.69) is 11.2 Å². The fourth-order valence-electron chi connectivity index (χ4n) is 2.48. The third-order valence-corrected chi connectivity index (χ3v) is 5.07. The van der Waals surface area contributed by atoms with E-state index in [9.17, 15) is 18.8 Å². The first kappa shape index (κ1) is 21.4. The van der Waals surface area contributed by atoms with E-state index in [-0.39, 0.29) is 28.8 Å². The van der Waals surface area contributed by atoms with Crippen LogP contribution in [-0.2, 0) is 9.59 Å². The first-order chi connectivity index (χ1) is 14.4. The Morgan fingerprint density at radius 1 is 1.27 bits per heavy atom. The molecule has 9 heteroatoms. The molecule has 1 N–H and O–H groups in total. The van der Waals surface area contributed by atoms with Crippen LogP contribution in [0.15, 0.2) is 47.4 Å². The van der Waals surface area contributed by atoms with Gasteiger partial charge in [0.2, 0.25) is 0 Å². The molecule has 2 aromatic rings. The normalized spacial score (nSPS) is 14.7. The maximum atomic E-state index is 12.9. The van der Waals surface area contributed by atoms with Gasteiger partial charge in [0.25, 0.3) is 17.1 Å². The molecule has 1 saturated heterocycles. The molecule has 1 heterocycles. The molecule has 6 nitrogen and oxygen atoms in total. The molecule has 0 radical (unpaired) electrons. The first-order valence-corrected chi connectivity index (χ1v) is 9.73. The van der Waals surface area contributed by atoms with Crippen LogP contribution in [0.3, 0.4) is 0 Å².